The molecule has 0 saturated heterocycles. The quantitative estimate of drug-likeness (QED) is 0.658. The molecule has 1 unspecified atom stereocenters. The smallest absolute Gasteiger partial charge is 0.0489 e. The third kappa shape index (κ3) is 3.09. The molecular formula is C12H19BrS. The highest BCUT2D eigenvalue weighted by Crippen LogP contribution is 2.37. The van der Waals surface area contributed by atoms with E-state index >= 15 is 0 Å². The second kappa shape index (κ2) is 4.80. The molecule has 0 fully saturated rings. The predicted molar refractivity (Wildman–Crippen MR) is 69.6 cm³/mol. The number of thiophene rings is 1. The van der Waals surface area contributed by atoms with Crippen molar-refractivity contribution in [3.8, 4) is 0 Å². The molecule has 0 aromatic carbocycles. The molecule has 0 aliphatic carbocycles. The largest absolute Gasteiger partial charge is 0.144 e. The lowest BCUT2D eigenvalue weighted by atomic mass is 9.95. The Labute approximate surface area is 99.9 Å². The van der Waals surface area contributed by atoms with Crippen LogP contribution in [0, 0.1) is 0 Å². The lowest BCUT2D eigenvalue weighted by Gasteiger charge is -2.15. The summed E-state index contributed by atoms with van der Waals surface area (Å²) in [5, 5.41) is 0. The van der Waals surface area contributed by atoms with Crippen LogP contribution in [0.25, 0.3) is 0 Å². The fraction of sp³-hybridized carbons (Fsp3) is 0.667. The molecule has 0 N–H and O–H groups in total. The molecule has 0 radical (unpaired) electrons. The summed E-state index contributed by atoms with van der Waals surface area (Å²) in [6.07, 6.45) is 2.46. The van der Waals surface area contributed by atoms with Crippen LogP contribution >= 0.6 is 27.3 Å². The van der Waals surface area contributed by atoms with E-state index in [1.807, 2.05) is 11.3 Å². The zero-order chi connectivity index (χ0) is 10.8. The van der Waals surface area contributed by atoms with Gasteiger partial charge >= 0.3 is 0 Å². The van der Waals surface area contributed by atoms with Gasteiger partial charge in [-0.25, -0.2) is 0 Å². The van der Waals surface area contributed by atoms with Gasteiger partial charge in [-0.05, 0) is 24.0 Å². The first-order valence-corrected chi connectivity index (χ1v) is 6.92. The Morgan fingerprint density at radius 1 is 1.36 bits per heavy atom. The molecule has 0 bridgehead atoms. The summed E-state index contributed by atoms with van der Waals surface area (Å²) in [5.74, 6) is 0. The van der Waals surface area contributed by atoms with Gasteiger partial charge in [0.05, 0.1) is 0 Å². The first-order chi connectivity index (χ1) is 6.45. The van der Waals surface area contributed by atoms with Gasteiger partial charge in [-0.3, -0.25) is 0 Å². The minimum absolute atomic E-state index is 0.294. The zero-order valence-corrected chi connectivity index (χ0v) is 11.8. The zero-order valence-electron chi connectivity index (χ0n) is 9.43. The van der Waals surface area contributed by atoms with Crippen molar-refractivity contribution < 1.29 is 0 Å². The van der Waals surface area contributed by atoms with Crippen molar-refractivity contribution >= 4 is 27.3 Å². The van der Waals surface area contributed by atoms with Crippen LogP contribution in [0.2, 0.25) is 0 Å². The van der Waals surface area contributed by atoms with Crippen LogP contribution in [0.5, 0.6) is 0 Å². The molecule has 14 heavy (non-hydrogen) atoms. The normalized spacial score (nSPS) is 14.4. The summed E-state index contributed by atoms with van der Waals surface area (Å²) in [7, 11) is 0. The number of hydrogen-bond donors (Lipinski definition) is 0. The monoisotopic (exact) mass is 274 g/mol. The number of rotatable bonds is 3. The van der Waals surface area contributed by atoms with Crippen molar-refractivity contribution in [1.29, 1.82) is 0 Å². The fourth-order valence-electron chi connectivity index (χ4n) is 1.32. The van der Waals surface area contributed by atoms with Crippen molar-refractivity contribution in [2.75, 3.05) is 0 Å². The molecule has 1 atom stereocenters. The third-order valence-corrected chi connectivity index (χ3v) is 5.10. The fourth-order valence-corrected chi connectivity index (χ4v) is 3.29. The van der Waals surface area contributed by atoms with Crippen molar-refractivity contribution in [2.45, 2.75) is 50.8 Å². The van der Waals surface area contributed by atoms with Crippen molar-refractivity contribution in [2.24, 2.45) is 0 Å². The Bertz CT molecular complexity index is 283. The maximum absolute atomic E-state index is 3.74. The van der Waals surface area contributed by atoms with Crippen molar-refractivity contribution in [1.82, 2.24) is 0 Å². The van der Waals surface area contributed by atoms with Crippen LogP contribution in [-0.2, 0) is 5.41 Å². The molecule has 80 valence electrons. The van der Waals surface area contributed by atoms with Crippen molar-refractivity contribution in [3.05, 3.63) is 21.9 Å². The maximum atomic E-state index is 3.74. The van der Waals surface area contributed by atoms with E-state index in [0.717, 1.165) is 0 Å². The van der Waals surface area contributed by atoms with E-state index in [2.05, 4.69) is 55.8 Å². The Kier molecular flexibility index (Phi) is 4.20. The van der Waals surface area contributed by atoms with E-state index < -0.39 is 0 Å². The average Bonchev–Trinajstić information content (AvgIpc) is 2.51. The minimum atomic E-state index is 0.294. The minimum Gasteiger partial charge on any atom is -0.144 e. The first kappa shape index (κ1) is 12.3. The second-order valence-electron chi connectivity index (χ2n) is 4.71. The molecule has 1 heterocycles. The van der Waals surface area contributed by atoms with Crippen molar-refractivity contribution in [3.63, 3.8) is 0 Å². The van der Waals surface area contributed by atoms with Gasteiger partial charge in [0.1, 0.15) is 0 Å². The van der Waals surface area contributed by atoms with E-state index in [1.54, 1.807) is 0 Å². The third-order valence-electron chi connectivity index (χ3n) is 2.22. The van der Waals surface area contributed by atoms with Gasteiger partial charge in [-0.1, -0.05) is 50.0 Å². The predicted octanol–water partition coefficient (Wildman–Crippen LogP) is 5.28. The van der Waals surface area contributed by atoms with E-state index in [0.29, 0.717) is 10.2 Å². The number of hydrogen-bond acceptors (Lipinski definition) is 1. The van der Waals surface area contributed by atoms with Gasteiger partial charge in [0.15, 0.2) is 0 Å². The summed E-state index contributed by atoms with van der Waals surface area (Å²) < 4.78 is 0. The molecule has 0 nitrogen and oxygen atoms in total. The molecule has 0 aliphatic rings. The molecule has 0 saturated carbocycles. The van der Waals surface area contributed by atoms with E-state index in [9.17, 15) is 0 Å². The summed E-state index contributed by atoms with van der Waals surface area (Å²) in [6.45, 7) is 9.04. The standard InChI is InChI=1S/C12H19BrS/c1-5-6-9(13)10-7-8-11(14-10)12(2,3)4/h7-9H,5-6H2,1-4H3. The molecule has 0 aliphatic heterocycles. The Hall–Kier alpha value is 0.180. The molecule has 0 amide bonds. The molecular weight excluding hydrogens is 256 g/mol. The van der Waals surface area contributed by atoms with E-state index in [-0.39, 0.29) is 0 Å². The lowest BCUT2D eigenvalue weighted by molar-refractivity contribution is 0.604. The number of halogens is 1. The molecule has 1 rings (SSSR count). The Balaban J connectivity index is 2.78. The molecule has 1 aromatic heterocycles. The van der Waals surface area contributed by atoms with Crippen LogP contribution in [-0.4, -0.2) is 0 Å². The highest BCUT2D eigenvalue weighted by Gasteiger charge is 2.18. The SMILES string of the molecule is CCCC(Br)c1ccc(C(C)(C)C)s1. The summed E-state index contributed by atoms with van der Waals surface area (Å²) in [6, 6.07) is 4.53. The van der Waals surface area contributed by atoms with Gasteiger partial charge < -0.3 is 0 Å². The highest BCUT2D eigenvalue weighted by molar-refractivity contribution is 9.09. The summed E-state index contributed by atoms with van der Waals surface area (Å²) in [4.78, 5) is 3.50. The van der Waals surface area contributed by atoms with E-state index in [4.69, 9.17) is 0 Å². The van der Waals surface area contributed by atoms with E-state index in [1.165, 1.54) is 22.6 Å². The topological polar surface area (TPSA) is 0 Å². The summed E-state index contributed by atoms with van der Waals surface area (Å²) >= 11 is 5.68. The second-order valence-corrected chi connectivity index (χ2v) is 6.93. The lowest BCUT2D eigenvalue weighted by Crippen LogP contribution is -2.07. The van der Waals surface area contributed by atoms with Gasteiger partial charge in [0, 0.05) is 14.6 Å². The maximum Gasteiger partial charge on any atom is 0.0489 e. The van der Waals surface area contributed by atoms with Gasteiger partial charge in [-0.2, -0.15) is 0 Å². The summed E-state index contributed by atoms with van der Waals surface area (Å²) in [5.41, 5.74) is 0.294. The molecule has 1 aromatic rings. The van der Waals surface area contributed by atoms with Gasteiger partial charge in [0.25, 0.3) is 0 Å². The van der Waals surface area contributed by atoms with Gasteiger partial charge in [0.2, 0.25) is 0 Å². The highest BCUT2D eigenvalue weighted by atomic mass is 79.9. The first-order valence-electron chi connectivity index (χ1n) is 5.19. The average molecular weight is 275 g/mol. The van der Waals surface area contributed by atoms with Crippen LogP contribution in [0.4, 0.5) is 0 Å². The molecule has 0 spiro atoms. The van der Waals surface area contributed by atoms with Gasteiger partial charge in [-0.15, -0.1) is 11.3 Å². The van der Waals surface area contributed by atoms with Crippen LogP contribution in [0.15, 0.2) is 12.1 Å². The molecule has 2 heteroatoms. The Morgan fingerprint density at radius 2 is 2.00 bits per heavy atom. The number of alkyl halides is 1. The van der Waals surface area contributed by atoms with Crippen LogP contribution < -0.4 is 0 Å². The van der Waals surface area contributed by atoms with Crippen LogP contribution in [0.3, 0.4) is 0 Å². The Morgan fingerprint density at radius 3 is 2.43 bits per heavy atom. The van der Waals surface area contributed by atoms with Crippen LogP contribution in [0.1, 0.15) is 55.1 Å².